The van der Waals surface area contributed by atoms with Gasteiger partial charge in [0.1, 0.15) is 0 Å². The molecule has 24 heavy (non-hydrogen) atoms. The summed E-state index contributed by atoms with van der Waals surface area (Å²) in [5.74, 6) is 0. The van der Waals surface area contributed by atoms with Gasteiger partial charge >= 0.3 is 0 Å². The van der Waals surface area contributed by atoms with E-state index in [1.807, 2.05) is 16.8 Å². The maximum atomic E-state index is 12.4. The summed E-state index contributed by atoms with van der Waals surface area (Å²) in [7, 11) is 0. The first kappa shape index (κ1) is 14.7. The highest BCUT2D eigenvalue weighted by Gasteiger charge is 2.10. The van der Waals surface area contributed by atoms with Gasteiger partial charge in [-0.15, -0.1) is 0 Å². The highest BCUT2D eigenvalue weighted by atomic mass is 16.1. The van der Waals surface area contributed by atoms with Crippen LogP contribution in [0.25, 0.3) is 27.2 Å². The molecule has 0 fully saturated rings. The van der Waals surface area contributed by atoms with E-state index in [9.17, 15) is 4.79 Å². The van der Waals surface area contributed by atoms with E-state index in [2.05, 4.69) is 34.2 Å². The summed E-state index contributed by atoms with van der Waals surface area (Å²) in [5.41, 5.74) is 7.83. The van der Waals surface area contributed by atoms with Crippen LogP contribution in [-0.2, 0) is 6.42 Å². The molecular formula is C19H18N4O. The molecule has 4 rings (SSSR count). The molecule has 0 amide bonds. The number of hydrogen-bond acceptors (Lipinski definition) is 3. The number of nitrogens with one attached hydrogen (secondary N) is 1. The SMILES string of the molecule is NCCCc1cc2cc[nH]c(=O)c2c2cc(-n3ccnc3)ccc12. The Morgan fingerprint density at radius 3 is 2.88 bits per heavy atom. The summed E-state index contributed by atoms with van der Waals surface area (Å²) in [6.45, 7) is 0.655. The predicted octanol–water partition coefficient (Wildman–Crippen LogP) is 2.76. The van der Waals surface area contributed by atoms with Crippen molar-refractivity contribution >= 4 is 21.5 Å². The van der Waals surface area contributed by atoms with Crippen LogP contribution in [-0.4, -0.2) is 21.1 Å². The van der Waals surface area contributed by atoms with Gasteiger partial charge in [0.15, 0.2) is 0 Å². The van der Waals surface area contributed by atoms with Crippen LogP contribution in [0.3, 0.4) is 0 Å². The molecule has 0 atom stereocenters. The van der Waals surface area contributed by atoms with Crippen LogP contribution in [0.2, 0.25) is 0 Å². The molecule has 0 aliphatic carbocycles. The smallest absolute Gasteiger partial charge is 0.256 e. The maximum Gasteiger partial charge on any atom is 0.256 e. The number of rotatable bonds is 4. The van der Waals surface area contributed by atoms with Crippen molar-refractivity contribution in [3.8, 4) is 5.69 Å². The molecule has 0 saturated carbocycles. The molecule has 0 saturated heterocycles. The Morgan fingerprint density at radius 1 is 1.17 bits per heavy atom. The van der Waals surface area contributed by atoms with E-state index in [1.54, 1.807) is 18.7 Å². The van der Waals surface area contributed by atoms with Crippen LogP contribution in [0.15, 0.2) is 60.0 Å². The van der Waals surface area contributed by atoms with Crippen molar-refractivity contribution in [2.24, 2.45) is 5.73 Å². The van der Waals surface area contributed by atoms with Crippen LogP contribution >= 0.6 is 0 Å². The van der Waals surface area contributed by atoms with Crippen LogP contribution in [0.1, 0.15) is 12.0 Å². The van der Waals surface area contributed by atoms with Crippen molar-refractivity contribution in [2.75, 3.05) is 6.54 Å². The van der Waals surface area contributed by atoms with E-state index >= 15 is 0 Å². The molecule has 3 N–H and O–H groups in total. The van der Waals surface area contributed by atoms with Crippen molar-refractivity contribution < 1.29 is 0 Å². The zero-order valence-corrected chi connectivity index (χ0v) is 13.2. The third-order valence-corrected chi connectivity index (χ3v) is 4.39. The minimum atomic E-state index is -0.0642. The number of benzene rings is 2. The molecule has 2 aromatic heterocycles. The standard InChI is InChI=1S/C19H18N4O/c20-6-1-2-13-10-14-5-7-22-19(24)18(14)17-11-15(3-4-16(13)17)23-9-8-21-12-23/h3-5,7-12H,1-2,6,20H2,(H,22,24). The minimum absolute atomic E-state index is 0.0642. The van der Waals surface area contributed by atoms with Crippen molar-refractivity contribution in [1.82, 2.24) is 14.5 Å². The van der Waals surface area contributed by atoms with Gasteiger partial charge < -0.3 is 15.3 Å². The highest BCUT2D eigenvalue weighted by molar-refractivity contribution is 6.09. The molecule has 0 aliphatic heterocycles. The van der Waals surface area contributed by atoms with Crippen molar-refractivity contribution in [2.45, 2.75) is 12.8 Å². The Labute approximate surface area is 138 Å². The second-order valence-electron chi connectivity index (χ2n) is 5.90. The second-order valence-corrected chi connectivity index (χ2v) is 5.90. The van der Waals surface area contributed by atoms with E-state index in [4.69, 9.17) is 5.73 Å². The van der Waals surface area contributed by atoms with Gasteiger partial charge in [0.2, 0.25) is 0 Å². The maximum absolute atomic E-state index is 12.4. The van der Waals surface area contributed by atoms with Crippen LogP contribution < -0.4 is 11.3 Å². The van der Waals surface area contributed by atoms with E-state index < -0.39 is 0 Å². The van der Waals surface area contributed by atoms with Gasteiger partial charge in [-0.1, -0.05) is 12.1 Å². The van der Waals surface area contributed by atoms with E-state index in [-0.39, 0.29) is 5.56 Å². The zero-order valence-electron chi connectivity index (χ0n) is 13.2. The number of aromatic amines is 1. The highest BCUT2D eigenvalue weighted by Crippen LogP contribution is 2.29. The normalized spacial score (nSPS) is 11.4. The van der Waals surface area contributed by atoms with E-state index in [0.717, 1.165) is 40.1 Å². The van der Waals surface area contributed by atoms with E-state index in [1.165, 1.54) is 5.56 Å². The minimum Gasteiger partial charge on any atom is -0.330 e. The summed E-state index contributed by atoms with van der Waals surface area (Å²) in [6.07, 6.45) is 8.92. The number of pyridine rings is 1. The molecule has 0 bridgehead atoms. The van der Waals surface area contributed by atoms with Gasteiger partial charge in [-0.25, -0.2) is 4.98 Å². The Balaban J connectivity index is 2.06. The lowest BCUT2D eigenvalue weighted by atomic mass is 9.95. The molecule has 2 heterocycles. The molecule has 0 aliphatic rings. The number of hydrogen-bond donors (Lipinski definition) is 2. The van der Waals surface area contributed by atoms with Crippen molar-refractivity contribution in [1.29, 1.82) is 0 Å². The lowest BCUT2D eigenvalue weighted by Gasteiger charge is -2.12. The van der Waals surface area contributed by atoms with Gasteiger partial charge in [-0.05, 0) is 59.3 Å². The lowest BCUT2D eigenvalue weighted by Crippen LogP contribution is -2.07. The summed E-state index contributed by atoms with van der Waals surface area (Å²) in [6, 6.07) is 10.3. The first-order valence-corrected chi connectivity index (χ1v) is 8.03. The van der Waals surface area contributed by atoms with Gasteiger partial charge in [0.05, 0.1) is 11.7 Å². The molecule has 120 valence electrons. The quantitative estimate of drug-likeness (QED) is 0.568. The molecule has 4 aromatic rings. The van der Waals surface area contributed by atoms with Crippen molar-refractivity contribution in [3.05, 3.63) is 71.2 Å². The number of H-pyrrole nitrogens is 1. The average Bonchev–Trinajstić information content (AvgIpc) is 3.13. The predicted molar refractivity (Wildman–Crippen MR) is 96.6 cm³/mol. The number of nitrogens with two attached hydrogens (primary N) is 1. The van der Waals surface area contributed by atoms with Gasteiger partial charge in [-0.2, -0.15) is 0 Å². The molecule has 5 nitrogen and oxygen atoms in total. The van der Waals surface area contributed by atoms with Gasteiger partial charge in [0, 0.05) is 24.3 Å². The zero-order chi connectivity index (χ0) is 16.5. The number of aromatic nitrogens is 3. The summed E-state index contributed by atoms with van der Waals surface area (Å²) >= 11 is 0. The average molecular weight is 318 g/mol. The largest absolute Gasteiger partial charge is 0.330 e. The Hall–Kier alpha value is -2.92. The summed E-state index contributed by atoms with van der Waals surface area (Å²) < 4.78 is 1.94. The summed E-state index contributed by atoms with van der Waals surface area (Å²) in [4.78, 5) is 19.3. The van der Waals surface area contributed by atoms with Crippen LogP contribution in [0, 0.1) is 0 Å². The first-order valence-electron chi connectivity index (χ1n) is 8.03. The lowest BCUT2D eigenvalue weighted by molar-refractivity contribution is 0.838. The molecule has 5 heteroatoms. The number of nitrogens with zero attached hydrogens (tertiary/aromatic N) is 2. The monoisotopic (exact) mass is 318 g/mol. The third-order valence-electron chi connectivity index (χ3n) is 4.39. The topological polar surface area (TPSA) is 76.7 Å². The number of imidazole rings is 1. The first-order chi connectivity index (χ1) is 11.8. The molecular weight excluding hydrogens is 300 g/mol. The molecule has 0 radical (unpaired) electrons. The van der Waals surface area contributed by atoms with Gasteiger partial charge in [-0.3, -0.25) is 4.79 Å². The molecule has 0 unspecified atom stereocenters. The van der Waals surface area contributed by atoms with Crippen LogP contribution in [0.4, 0.5) is 0 Å². The summed E-state index contributed by atoms with van der Waals surface area (Å²) in [5, 5.41) is 3.76. The second kappa shape index (κ2) is 5.94. The van der Waals surface area contributed by atoms with E-state index in [0.29, 0.717) is 6.54 Å². The number of aryl methyl sites for hydroxylation is 1. The molecule has 2 aromatic carbocycles. The fourth-order valence-corrected chi connectivity index (χ4v) is 3.25. The Morgan fingerprint density at radius 2 is 2.08 bits per heavy atom. The fourth-order valence-electron chi connectivity index (χ4n) is 3.25. The fraction of sp³-hybridized carbons (Fsp3) is 0.158. The Bertz CT molecular complexity index is 1060. The molecule has 0 spiro atoms. The van der Waals surface area contributed by atoms with Gasteiger partial charge in [0.25, 0.3) is 5.56 Å². The third kappa shape index (κ3) is 2.39. The Kier molecular flexibility index (Phi) is 3.63. The van der Waals surface area contributed by atoms with Crippen molar-refractivity contribution in [3.63, 3.8) is 0 Å². The number of fused-ring (bicyclic) bond motifs is 3. The van der Waals surface area contributed by atoms with Crippen LogP contribution in [0.5, 0.6) is 0 Å².